The van der Waals surface area contributed by atoms with Crippen LogP contribution in [0.3, 0.4) is 0 Å². The monoisotopic (exact) mass is 498 g/mol. The summed E-state index contributed by atoms with van der Waals surface area (Å²) in [4.78, 5) is 12.2. The van der Waals surface area contributed by atoms with E-state index in [1.54, 1.807) is 0 Å². The third kappa shape index (κ3) is 4.94. The molecule has 4 aliphatic carbocycles. The molecule has 8 heteroatoms. The van der Waals surface area contributed by atoms with Crippen LogP contribution in [-0.4, -0.2) is 53.6 Å². The summed E-state index contributed by atoms with van der Waals surface area (Å²) < 4.78 is 32.2. The lowest BCUT2D eigenvalue weighted by Crippen LogP contribution is -2.58. The third-order valence-corrected chi connectivity index (χ3v) is 11.6. The molecule has 0 aromatic heterocycles. The Kier molecular flexibility index (Phi) is 7.47. The molecule has 196 valence electrons. The van der Waals surface area contributed by atoms with Crippen molar-refractivity contribution in [2.45, 2.75) is 97.2 Å². The zero-order chi connectivity index (χ0) is 24.9. The molecule has 1 amide bonds. The minimum Gasteiger partial charge on any atom is -0.748 e. The largest absolute Gasteiger partial charge is 0.748 e. The van der Waals surface area contributed by atoms with Crippen LogP contribution in [0.1, 0.15) is 85.0 Å². The molecule has 10 atom stereocenters. The van der Waals surface area contributed by atoms with Crippen LogP contribution in [0.2, 0.25) is 0 Å². The topological polar surface area (TPSA) is 127 Å². The van der Waals surface area contributed by atoms with Gasteiger partial charge in [0.1, 0.15) is 0 Å². The smallest absolute Gasteiger partial charge is 0.220 e. The number of rotatable bonds is 7. The van der Waals surface area contributed by atoms with Crippen LogP contribution < -0.4 is 5.32 Å². The second kappa shape index (κ2) is 9.64. The van der Waals surface area contributed by atoms with Gasteiger partial charge in [-0.25, -0.2) is 8.42 Å². The normalized spacial score (nSPS) is 45.1. The number of carbonyl (C=O) groups is 1. The fourth-order valence-electron chi connectivity index (χ4n) is 9.14. The quantitative estimate of drug-likeness (QED) is 0.463. The molecule has 0 radical (unpaired) electrons. The highest BCUT2D eigenvalue weighted by atomic mass is 32.2. The molecule has 34 heavy (non-hydrogen) atoms. The Morgan fingerprint density at radius 3 is 2.44 bits per heavy atom. The van der Waals surface area contributed by atoms with Gasteiger partial charge in [0.05, 0.1) is 28.1 Å². The van der Waals surface area contributed by atoms with Crippen LogP contribution in [0.5, 0.6) is 0 Å². The van der Waals surface area contributed by atoms with Gasteiger partial charge in [-0.1, -0.05) is 20.8 Å². The lowest BCUT2D eigenvalue weighted by molar-refractivity contribution is -0.174. The second-order valence-corrected chi connectivity index (χ2v) is 14.1. The first kappa shape index (κ1) is 26.4. The van der Waals surface area contributed by atoms with Crippen LogP contribution in [0.4, 0.5) is 0 Å². The molecular weight excluding hydrogens is 454 g/mol. The summed E-state index contributed by atoms with van der Waals surface area (Å²) in [5.74, 6) is 1.92. The van der Waals surface area contributed by atoms with Crippen molar-refractivity contribution in [1.82, 2.24) is 5.32 Å². The first-order valence-corrected chi connectivity index (χ1v) is 15.0. The average Bonchev–Trinajstić information content (AvgIpc) is 3.09. The molecular formula is C26H44NO6S-. The predicted molar refractivity (Wildman–Crippen MR) is 129 cm³/mol. The van der Waals surface area contributed by atoms with E-state index in [9.17, 15) is 28.0 Å². The molecule has 0 aromatic rings. The highest BCUT2D eigenvalue weighted by molar-refractivity contribution is 7.85. The summed E-state index contributed by atoms with van der Waals surface area (Å²) in [6, 6.07) is 0. The molecule has 0 saturated heterocycles. The van der Waals surface area contributed by atoms with E-state index < -0.39 is 15.9 Å². The molecule has 4 fully saturated rings. The minimum absolute atomic E-state index is 0.125. The van der Waals surface area contributed by atoms with Crippen molar-refractivity contribution >= 4 is 16.0 Å². The molecule has 3 N–H and O–H groups in total. The first-order chi connectivity index (χ1) is 15.8. The molecule has 0 heterocycles. The van der Waals surface area contributed by atoms with Crippen LogP contribution in [-0.2, 0) is 14.9 Å². The van der Waals surface area contributed by atoms with E-state index in [4.69, 9.17) is 0 Å². The third-order valence-electron chi connectivity index (χ3n) is 10.9. The van der Waals surface area contributed by atoms with Crippen molar-refractivity contribution in [2.75, 3.05) is 12.3 Å². The van der Waals surface area contributed by atoms with Gasteiger partial charge < -0.3 is 20.1 Å². The van der Waals surface area contributed by atoms with Gasteiger partial charge in [0.25, 0.3) is 0 Å². The highest BCUT2D eigenvalue weighted by Crippen LogP contribution is 2.68. The summed E-state index contributed by atoms with van der Waals surface area (Å²) in [6.07, 6.45) is 8.78. The molecule has 4 rings (SSSR count). The molecule has 7 nitrogen and oxygen atoms in total. The Labute approximate surface area is 205 Å². The molecule has 4 aliphatic rings. The Morgan fingerprint density at radius 1 is 1.06 bits per heavy atom. The van der Waals surface area contributed by atoms with E-state index in [1.165, 1.54) is 6.42 Å². The van der Waals surface area contributed by atoms with Crippen LogP contribution in [0.25, 0.3) is 0 Å². The standard InChI is InChI=1S/C26H45NO6S/c1-16(4-7-23(30)27-12-13-34(31,32)33)19-5-6-20-24-21(9-11-26(19,20)3)25(2)10-8-18(28)14-17(25)15-22(24)29/h16-22,24,28-29H,4-15H2,1-3H3,(H,27,30)(H,31,32,33)/p-1/t16-,17+,18-,19-,20+,21+,22-,24+,25+,26-/m1/s1. The number of aliphatic hydroxyl groups is 2. The molecule has 0 bridgehead atoms. The maximum atomic E-state index is 12.2. The number of carbonyl (C=O) groups excluding carboxylic acids is 1. The Bertz CT molecular complexity index is 863. The van der Waals surface area contributed by atoms with Crippen molar-refractivity contribution < 1.29 is 28.0 Å². The summed E-state index contributed by atoms with van der Waals surface area (Å²) in [5.41, 5.74) is 0.399. The average molecular weight is 499 g/mol. The van der Waals surface area contributed by atoms with Gasteiger partial charge in [-0.05, 0) is 104 Å². The fourth-order valence-corrected chi connectivity index (χ4v) is 9.49. The lowest BCUT2D eigenvalue weighted by Gasteiger charge is -2.62. The van der Waals surface area contributed by atoms with Gasteiger partial charge >= 0.3 is 0 Å². The summed E-state index contributed by atoms with van der Waals surface area (Å²) in [5, 5.41) is 24.2. The minimum atomic E-state index is -4.31. The highest BCUT2D eigenvalue weighted by Gasteiger charge is 2.62. The number of hydrogen-bond donors (Lipinski definition) is 3. The molecule has 4 saturated carbocycles. The van der Waals surface area contributed by atoms with Crippen molar-refractivity contribution in [1.29, 1.82) is 0 Å². The van der Waals surface area contributed by atoms with Gasteiger partial charge in [-0.3, -0.25) is 4.79 Å². The van der Waals surface area contributed by atoms with Crippen LogP contribution in [0.15, 0.2) is 0 Å². The number of aliphatic hydroxyl groups excluding tert-OH is 2. The Morgan fingerprint density at radius 2 is 1.74 bits per heavy atom. The maximum Gasteiger partial charge on any atom is 0.220 e. The predicted octanol–water partition coefficient (Wildman–Crippen LogP) is 3.05. The van der Waals surface area contributed by atoms with Gasteiger partial charge in [0.2, 0.25) is 5.91 Å². The van der Waals surface area contributed by atoms with Gasteiger partial charge in [0.15, 0.2) is 0 Å². The Balaban J connectivity index is 1.39. The van der Waals surface area contributed by atoms with E-state index in [2.05, 4.69) is 26.1 Å². The molecule has 0 spiro atoms. The summed E-state index contributed by atoms with van der Waals surface area (Å²) in [7, 11) is -4.31. The van der Waals surface area contributed by atoms with E-state index in [1.807, 2.05) is 0 Å². The summed E-state index contributed by atoms with van der Waals surface area (Å²) >= 11 is 0. The van der Waals surface area contributed by atoms with Crippen LogP contribution in [0, 0.1) is 46.3 Å². The van der Waals surface area contributed by atoms with Crippen molar-refractivity contribution in [3.63, 3.8) is 0 Å². The molecule has 0 aromatic carbocycles. The number of nitrogens with one attached hydrogen (secondary N) is 1. The van der Waals surface area contributed by atoms with Gasteiger partial charge in [0, 0.05) is 13.0 Å². The SMILES string of the molecule is C[C@H](CCC(=O)NCCS(=O)(=O)[O-])[C@H]1CC[C@H]2[C@@H]3[C@H](O)C[C@@H]4C[C@H](O)CC[C@]4(C)[C@H]3CC[C@]12C. The Hall–Kier alpha value is -0.700. The van der Waals surface area contributed by atoms with Crippen LogP contribution >= 0.6 is 0 Å². The van der Waals surface area contributed by atoms with Crippen molar-refractivity contribution in [3.05, 3.63) is 0 Å². The van der Waals surface area contributed by atoms with Crippen molar-refractivity contribution in [2.24, 2.45) is 46.3 Å². The zero-order valence-corrected chi connectivity index (χ0v) is 21.9. The molecule has 0 unspecified atom stereocenters. The zero-order valence-electron chi connectivity index (χ0n) is 21.0. The van der Waals surface area contributed by atoms with Crippen molar-refractivity contribution in [3.8, 4) is 0 Å². The molecule has 0 aliphatic heterocycles. The maximum absolute atomic E-state index is 12.2. The lowest BCUT2D eigenvalue weighted by atomic mass is 9.43. The van der Waals surface area contributed by atoms with Gasteiger partial charge in [-0.2, -0.15) is 0 Å². The fraction of sp³-hybridized carbons (Fsp3) is 0.962. The number of amides is 1. The van der Waals surface area contributed by atoms with E-state index in [0.29, 0.717) is 41.9 Å². The van der Waals surface area contributed by atoms with E-state index >= 15 is 0 Å². The van der Waals surface area contributed by atoms with E-state index in [-0.39, 0.29) is 35.5 Å². The van der Waals surface area contributed by atoms with Gasteiger partial charge in [-0.15, -0.1) is 0 Å². The number of fused-ring (bicyclic) bond motifs is 5. The second-order valence-electron chi connectivity index (χ2n) is 12.6. The number of hydrogen-bond acceptors (Lipinski definition) is 6. The summed E-state index contributed by atoms with van der Waals surface area (Å²) in [6.45, 7) is 6.96. The first-order valence-electron chi connectivity index (χ1n) is 13.4. The van der Waals surface area contributed by atoms with E-state index in [0.717, 1.165) is 51.4 Å².